The molecule has 0 aliphatic carbocycles. The molecule has 1 aromatic rings. The van der Waals surface area contributed by atoms with Crippen molar-refractivity contribution in [3.8, 4) is 0 Å². The van der Waals surface area contributed by atoms with Gasteiger partial charge in [-0.1, -0.05) is 23.7 Å². The molecule has 3 heteroatoms. The van der Waals surface area contributed by atoms with Crippen LogP contribution in [-0.2, 0) is 6.42 Å². The molecular formula is C13H18ClNO. The summed E-state index contributed by atoms with van der Waals surface area (Å²) < 4.78 is 0. The van der Waals surface area contributed by atoms with Gasteiger partial charge in [-0.15, -0.1) is 0 Å². The molecule has 16 heavy (non-hydrogen) atoms. The first-order chi connectivity index (χ1) is 7.79. The summed E-state index contributed by atoms with van der Waals surface area (Å²) in [6, 6.07) is 8.40. The minimum absolute atomic E-state index is 0.292. The zero-order valence-corrected chi connectivity index (χ0v) is 10.2. The van der Waals surface area contributed by atoms with Crippen molar-refractivity contribution in [3.63, 3.8) is 0 Å². The highest BCUT2D eigenvalue weighted by atomic mass is 35.5. The number of hydrogen-bond donors (Lipinski definition) is 1. The third-order valence-corrected chi connectivity index (χ3v) is 3.56. The topological polar surface area (TPSA) is 23.5 Å². The van der Waals surface area contributed by atoms with Gasteiger partial charge in [-0.2, -0.15) is 0 Å². The first-order valence-electron chi connectivity index (χ1n) is 5.89. The third kappa shape index (κ3) is 2.97. The van der Waals surface area contributed by atoms with E-state index in [2.05, 4.69) is 17.0 Å². The Morgan fingerprint density at radius 2 is 2.06 bits per heavy atom. The van der Waals surface area contributed by atoms with E-state index in [1.165, 1.54) is 12.0 Å². The van der Waals surface area contributed by atoms with Crippen molar-refractivity contribution in [2.75, 3.05) is 19.7 Å². The van der Waals surface area contributed by atoms with Crippen LogP contribution in [0.2, 0.25) is 5.02 Å². The van der Waals surface area contributed by atoms with E-state index >= 15 is 0 Å². The molecule has 1 aromatic carbocycles. The summed E-state index contributed by atoms with van der Waals surface area (Å²) >= 11 is 5.84. The van der Waals surface area contributed by atoms with Gasteiger partial charge in [0.2, 0.25) is 0 Å². The highest BCUT2D eigenvalue weighted by Gasteiger charge is 2.22. The lowest BCUT2D eigenvalue weighted by Crippen LogP contribution is -2.33. The van der Waals surface area contributed by atoms with Crippen LogP contribution in [0.1, 0.15) is 18.4 Å². The van der Waals surface area contributed by atoms with Crippen molar-refractivity contribution in [2.24, 2.45) is 0 Å². The SMILES string of the molecule is OC[C@@H]1CCCN1CCc1ccc(Cl)cc1. The molecule has 0 radical (unpaired) electrons. The van der Waals surface area contributed by atoms with E-state index in [-0.39, 0.29) is 0 Å². The zero-order chi connectivity index (χ0) is 11.4. The molecule has 0 saturated carbocycles. The maximum atomic E-state index is 9.21. The Hall–Kier alpha value is -0.570. The summed E-state index contributed by atoms with van der Waals surface area (Å²) in [4.78, 5) is 2.38. The Balaban J connectivity index is 1.85. The second-order valence-electron chi connectivity index (χ2n) is 4.39. The smallest absolute Gasteiger partial charge is 0.0586 e. The molecule has 2 rings (SSSR count). The molecule has 1 aliphatic rings. The number of halogens is 1. The van der Waals surface area contributed by atoms with Crippen LogP contribution < -0.4 is 0 Å². The first-order valence-corrected chi connectivity index (χ1v) is 6.27. The van der Waals surface area contributed by atoms with Gasteiger partial charge < -0.3 is 5.11 Å². The van der Waals surface area contributed by atoms with Gasteiger partial charge in [-0.25, -0.2) is 0 Å². The van der Waals surface area contributed by atoms with Crippen molar-refractivity contribution >= 4 is 11.6 Å². The van der Waals surface area contributed by atoms with Gasteiger partial charge in [0.05, 0.1) is 6.61 Å². The molecule has 1 N–H and O–H groups in total. The molecule has 1 atom stereocenters. The van der Waals surface area contributed by atoms with Crippen LogP contribution in [0.25, 0.3) is 0 Å². The van der Waals surface area contributed by atoms with E-state index in [1.54, 1.807) is 0 Å². The van der Waals surface area contributed by atoms with E-state index in [0.717, 1.165) is 31.0 Å². The second-order valence-corrected chi connectivity index (χ2v) is 4.83. The van der Waals surface area contributed by atoms with Gasteiger partial charge in [0.25, 0.3) is 0 Å². The summed E-state index contributed by atoms with van der Waals surface area (Å²) in [6.45, 7) is 2.45. The Bertz CT molecular complexity index is 325. The van der Waals surface area contributed by atoms with E-state index < -0.39 is 0 Å². The van der Waals surface area contributed by atoms with Crippen molar-refractivity contribution in [1.82, 2.24) is 4.90 Å². The lowest BCUT2D eigenvalue weighted by molar-refractivity contribution is 0.160. The lowest BCUT2D eigenvalue weighted by atomic mass is 10.1. The summed E-state index contributed by atoms with van der Waals surface area (Å²) in [5, 5.41) is 10.0. The molecular weight excluding hydrogens is 222 g/mol. The van der Waals surface area contributed by atoms with Gasteiger partial charge in [-0.05, 0) is 43.5 Å². The Labute approximate surface area is 102 Å². The summed E-state index contributed by atoms with van der Waals surface area (Å²) in [5.74, 6) is 0. The van der Waals surface area contributed by atoms with Crippen LogP contribution in [0.15, 0.2) is 24.3 Å². The van der Waals surface area contributed by atoms with Gasteiger partial charge >= 0.3 is 0 Å². The number of hydrogen-bond acceptors (Lipinski definition) is 2. The lowest BCUT2D eigenvalue weighted by Gasteiger charge is -2.22. The van der Waals surface area contributed by atoms with Crippen molar-refractivity contribution in [2.45, 2.75) is 25.3 Å². The number of benzene rings is 1. The molecule has 1 aliphatic heterocycles. The Morgan fingerprint density at radius 1 is 1.31 bits per heavy atom. The van der Waals surface area contributed by atoms with E-state index in [0.29, 0.717) is 12.6 Å². The molecule has 0 aromatic heterocycles. The number of aliphatic hydroxyl groups excluding tert-OH is 1. The average molecular weight is 240 g/mol. The van der Waals surface area contributed by atoms with Crippen molar-refractivity contribution < 1.29 is 5.11 Å². The van der Waals surface area contributed by atoms with Crippen LogP contribution in [0.5, 0.6) is 0 Å². The molecule has 88 valence electrons. The van der Waals surface area contributed by atoms with Crippen LogP contribution in [0.3, 0.4) is 0 Å². The van der Waals surface area contributed by atoms with Gasteiger partial charge in [0, 0.05) is 17.6 Å². The van der Waals surface area contributed by atoms with Crippen LogP contribution in [0.4, 0.5) is 0 Å². The molecule has 0 unspecified atom stereocenters. The predicted molar refractivity (Wildman–Crippen MR) is 66.8 cm³/mol. The fourth-order valence-electron chi connectivity index (χ4n) is 2.32. The average Bonchev–Trinajstić information content (AvgIpc) is 2.76. The van der Waals surface area contributed by atoms with Gasteiger partial charge in [0.15, 0.2) is 0 Å². The first kappa shape index (κ1) is 11.9. The van der Waals surface area contributed by atoms with Crippen molar-refractivity contribution in [1.29, 1.82) is 0 Å². The second kappa shape index (κ2) is 5.67. The Morgan fingerprint density at radius 3 is 2.75 bits per heavy atom. The summed E-state index contributed by atoms with van der Waals surface area (Å²) in [7, 11) is 0. The van der Waals surface area contributed by atoms with Gasteiger partial charge in [0.1, 0.15) is 0 Å². The molecule has 0 spiro atoms. The molecule has 1 heterocycles. The normalized spacial score (nSPS) is 21.5. The zero-order valence-electron chi connectivity index (χ0n) is 9.40. The van der Waals surface area contributed by atoms with Crippen LogP contribution in [-0.4, -0.2) is 35.7 Å². The van der Waals surface area contributed by atoms with E-state index in [4.69, 9.17) is 11.6 Å². The monoisotopic (exact) mass is 239 g/mol. The fraction of sp³-hybridized carbons (Fsp3) is 0.538. The third-order valence-electron chi connectivity index (χ3n) is 3.31. The summed E-state index contributed by atoms with van der Waals surface area (Å²) in [6.07, 6.45) is 3.39. The maximum absolute atomic E-state index is 9.21. The molecule has 1 saturated heterocycles. The predicted octanol–water partition coefficient (Wildman–Crippen LogP) is 2.34. The number of aliphatic hydroxyl groups is 1. The number of rotatable bonds is 4. The summed E-state index contributed by atoms with van der Waals surface area (Å²) in [5.41, 5.74) is 1.31. The number of nitrogens with zero attached hydrogens (tertiary/aromatic N) is 1. The minimum Gasteiger partial charge on any atom is -0.395 e. The minimum atomic E-state index is 0.292. The van der Waals surface area contributed by atoms with Crippen LogP contribution in [0, 0.1) is 0 Å². The fourth-order valence-corrected chi connectivity index (χ4v) is 2.45. The van der Waals surface area contributed by atoms with Crippen LogP contribution >= 0.6 is 11.6 Å². The standard InChI is InChI=1S/C13H18ClNO/c14-12-5-3-11(4-6-12)7-9-15-8-1-2-13(15)10-16/h3-6,13,16H,1-2,7-10H2/t13-/m0/s1. The molecule has 0 bridgehead atoms. The highest BCUT2D eigenvalue weighted by molar-refractivity contribution is 6.30. The van der Waals surface area contributed by atoms with Gasteiger partial charge in [-0.3, -0.25) is 4.90 Å². The molecule has 1 fully saturated rings. The van der Waals surface area contributed by atoms with E-state index in [9.17, 15) is 5.11 Å². The molecule has 0 amide bonds. The van der Waals surface area contributed by atoms with Crippen molar-refractivity contribution in [3.05, 3.63) is 34.9 Å². The highest BCUT2D eigenvalue weighted by Crippen LogP contribution is 2.17. The molecule has 2 nitrogen and oxygen atoms in total. The quantitative estimate of drug-likeness (QED) is 0.872. The number of likely N-dealkylation sites (tertiary alicyclic amines) is 1. The maximum Gasteiger partial charge on any atom is 0.0586 e. The largest absolute Gasteiger partial charge is 0.395 e. The Kier molecular flexibility index (Phi) is 4.22. The van der Waals surface area contributed by atoms with E-state index in [1.807, 2.05) is 12.1 Å².